The number of alkyl halides is 3. The number of pyridine rings is 1. The van der Waals surface area contributed by atoms with Crippen LogP contribution in [0.2, 0.25) is 5.02 Å². The number of nitrogens with zero attached hydrogens (tertiary/aromatic N) is 3. The van der Waals surface area contributed by atoms with Gasteiger partial charge in [-0.3, -0.25) is 4.40 Å². The van der Waals surface area contributed by atoms with Crippen LogP contribution in [0.4, 0.5) is 13.2 Å². The van der Waals surface area contributed by atoms with Crippen molar-refractivity contribution in [2.45, 2.75) is 31.9 Å². The Labute approximate surface area is 112 Å². The topological polar surface area (TPSA) is 30.2 Å². The van der Waals surface area contributed by atoms with Gasteiger partial charge in [0.15, 0.2) is 5.65 Å². The third-order valence-corrected chi connectivity index (χ3v) is 3.89. The molecule has 0 aliphatic heterocycles. The fourth-order valence-corrected chi connectivity index (χ4v) is 2.58. The van der Waals surface area contributed by atoms with Crippen LogP contribution in [-0.4, -0.2) is 14.6 Å². The van der Waals surface area contributed by atoms with E-state index in [-0.39, 0.29) is 16.6 Å². The van der Waals surface area contributed by atoms with E-state index < -0.39 is 11.7 Å². The summed E-state index contributed by atoms with van der Waals surface area (Å²) >= 11 is 5.65. The zero-order chi connectivity index (χ0) is 13.8. The van der Waals surface area contributed by atoms with Crippen LogP contribution in [0.25, 0.3) is 5.65 Å². The summed E-state index contributed by atoms with van der Waals surface area (Å²) in [5.41, 5.74) is -1.14. The molecule has 2 aromatic heterocycles. The zero-order valence-corrected chi connectivity index (χ0v) is 10.8. The summed E-state index contributed by atoms with van der Waals surface area (Å²) in [7, 11) is 0. The summed E-state index contributed by atoms with van der Waals surface area (Å²) < 4.78 is 40.4. The van der Waals surface area contributed by atoms with E-state index in [1.54, 1.807) is 0 Å². The third kappa shape index (κ3) is 2.08. The first kappa shape index (κ1) is 12.7. The lowest BCUT2D eigenvalue weighted by molar-refractivity contribution is -0.136. The van der Waals surface area contributed by atoms with Gasteiger partial charge in [0, 0.05) is 12.1 Å². The summed E-state index contributed by atoms with van der Waals surface area (Å²) in [6, 6.07) is 1.24. The van der Waals surface area contributed by atoms with E-state index in [0.29, 0.717) is 11.7 Å². The average Bonchev–Trinajstić information content (AvgIpc) is 3.07. The predicted molar refractivity (Wildman–Crippen MR) is 64.1 cm³/mol. The first-order chi connectivity index (χ1) is 8.89. The van der Waals surface area contributed by atoms with Crippen molar-refractivity contribution in [1.29, 1.82) is 0 Å². The van der Waals surface area contributed by atoms with Crippen molar-refractivity contribution in [3.05, 3.63) is 28.7 Å². The number of hydrogen-bond donors (Lipinski definition) is 0. The van der Waals surface area contributed by atoms with Crippen LogP contribution < -0.4 is 0 Å². The Morgan fingerprint density at radius 1 is 1.37 bits per heavy atom. The Bertz CT molecular complexity index is 631. The van der Waals surface area contributed by atoms with Crippen molar-refractivity contribution < 1.29 is 13.2 Å². The monoisotopic (exact) mass is 289 g/mol. The lowest BCUT2D eigenvalue weighted by Gasteiger charge is -2.11. The summed E-state index contributed by atoms with van der Waals surface area (Å²) in [5.74, 6) is 1.18. The minimum Gasteiger partial charge on any atom is -0.286 e. The van der Waals surface area contributed by atoms with Crippen molar-refractivity contribution >= 4 is 17.2 Å². The second-order valence-electron chi connectivity index (χ2n) is 4.91. The Balaban J connectivity index is 2.20. The third-order valence-electron chi connectivity index (χ3n) is 3.57. The highest BCUT2D eigenvalue weighted by Crippen LogP contribution is 2.43. The highest BCUT2D eigenvalue weighted by atomic mass is 35.5. The molecule has 0 aromatic carbocycles. The lowest BCUT2D eigenvalue weighted by atomic mass is 10.1. The smallest absolute Gasteiger partial charge is 0.286 e. The normalized spacial score (nSPS) is 17.9. The molecular weight excluding hydrogens is 279 g/mol. The second-order valence-corrected chi connectivity index (χ2v) is 5.32. The number of rotatable bonds is 2. The van der Waals surface area contributed by atoms with Gasteiger partial charge in [0.25, 0.3) is 0 Å². The predicted octanol–water partition coefficient (Wildman–Crippen LogP) is 3.92. The van der Waals surface area contributed by atoms with Crippen molar-refractivity contribution in [1.82, 2.24) is 14.6 Å². The minimum atomic E-state index is -4.54. The molecule has 1 aliphatic rings. The fraction of sp³-hybridized carbons (Fsp3) is 0.500. The molecule has 0 spiro atoms. The van der Waals surface area contributed by atoms with E-state index in [2.05, 4.69) is 10.2 Å². The molecule has 0 saturated heterocycles. The van der Waals surface area contributed by atoms with Gasteiger partial charge in [-0.05, 0) is 24.8 Å². The van der Waals surface area contributed by atoms with Crippen molar-refractivity contribution in [3.8, 4) is 0 Å². The zero-order valence-electron chi connectivity index (χ0n) is 10.1. The molecule has 0 amide bonds. The number of aromatic nitrogens is 3. The van der Waals surface area contributed by atoms with Gasteiger partial charge in [0.2, 0.25) is 0 Å². The molecule has 0 N–H and O–H groups in total. The summed E-state index contributed by atoms with van der Waals surface area (Å²) in [6.45, 7) is 1.97. The van der Waals surface area contributed by atoms with Gasteiger partial charge >= 0.3 is 6.18 Å². The SMILES string of the molecule is CC(c1nnc2c(C(F)(F)F)c(Cl)ccn12)C1CC1. The summed E-state index contributed by atoms with van der Waals surface area (Å²) in [6.07, 6.45) is -0.848. The van der Waals surface area contributed by atoms with Crippen LogP contribution >= 0.6 is 11.6 Å². The van der Waals surface area contributed by atoms with E-state index in [1.165, 1.54) is 16.7 Å². The molecule has 2 aromatic rings. The van der Waals surface area contributed by atoms with Crippen LogP contribution in [0, 0.1) is 5.92 Å². The van der Waals surface area contributed by atoms with Gasteiger partial charge in [-0.1, -0.05) is 18.5 Å². The summed E-state index contributed by atoms with van der Waals surface area (Å²) in [5, 5.41) is 7.26. The maximum Gasteiger partial charge on any atom is 0.421 e. The van der Waals surface area contributed by atoms with Gasteiger partial charge < -0.3 is 0 Å². The molecular formula is C12H11ClF3N3. The van der Waals surface area contributed by atoms with Gasteiger partial charge in [0.1, 0.15) is 11.4 Å². The molecule has 1 aliphatic carbocycles. The molecule has 3 rings (SSSR count). The fourth-order valence-electron chi connectivity index (χ4n) is 2.33. The quantitative estimate of drug-likeness (QED) is 0.839. The first-order valence-electron chi connectivity index (χ1n) is 6.00. The first-order valence-corrected chi connectivity index (χ1v) is 6.37. The molecule has 2 heterocycles. The molecule has 7 heteroatoms. The largest absolute Gasteiger partial charge is 0.421 e. The maximum absolute atomic E-state index is 13.0. The van der Waals surface area contributed by atoms with E-state index >= 15 is 0 Å². The molecule has 3 nitrogen and oxygen atoms in total. The van der Waals surface area contributed by atoms with Crippen molar-refractivity contribution in [3.63, 3.8) is 0 Å². The standard InChI is InChI=1S/C12H11ClF3N3/c1-6(7-2-3-7)10-17-18-11-9(12(14,15)16)8(13)4-5-19(10)11/h4-7H,2-3H2,1H3. The highest BCUT2D eigenvalue weighted by Gasteiger charge is 2.38. The lowest BCUT2D eigenvalue weighted by Crippen LogP contribution is -2.10. The Morgan fingerprint density at radius 2 is 2.05 bits per heavy atom. The van der Waals surface area contributed by atoms with Crippen LogP contribution in [0.1, 0.15) is 37.1 Å². The highest BCUT2D eigenvalue weighted by molar-refractivity contribution is 6.31. The van der Waals surface area contributed by atoms with Crippen LogP contribution in [0.15, 0.2) is 12.3 Å². The Hall–Kier alpha value is -1.30. The van der Waals surface area contributed by atoms with Crippen molar-refractivity contribution in [2.75, 3.05) is 0 Å². The second kappa shape index (κ2) is 4.10. The summed E-state index contributed by atoms with van der Waals surface area (Å²) in [4.78, 5) is 0. The molecule has 102 valence electrons. The van der Waals surface area contributed by atoms with Gasteiger partial charge in [-0.2, -0.15) is 13.2 Å². The molecule has 1 saturated carbocycles. The van der Waals surface area contributed by atoms with E-state index in [0.717, 1.165) is 12.8 Å². The van der Waals surface area contributed by atoms with Gasteiger partial charge in [-0.15, -0.1) is 10.2 Å². The molecule has 1 unspecified atom stereocenters. The molecule has 1 fully saturated rings. The van der Waals surface area contributed by atoms with Crippen molar-refractivity contribution in [2.24, 2.45) is 5.92 Å². The van der Waals surface area contributed by atoms with Crippen LogP contribution in [0.5, 0.6) is 0 Å². The molecule has 0 radical (unpaired) electrons. The van der Waals surface area contributed by atoms with E-state index in [9.17, 15) is 13.2 Å². The van der Waals surface area contributed by atoms with Crippen LogP contribution in [0.3, 0.4) is 0 Å². The molecule has 1 atom stereocenters. The maximum atomic E-state index is 13.0. The average molecular weight is 290 g/mol. The van der Waals surface area contributed by atoms with Gasteiger partial charge in [-0.25, -0.2) is 0 Å². The van der Waals surface area contributed by atoms with E-state index in [4.69, 9.17) is 11.6 Å². The molecule has 19 heavy (non-hydrogen) atoms. The Kier molecular flexibility index (Phi) is 2.74. The van der Waals surface area contributed by atoms with Gasteiger partial charge in [0.05, 0.1) is 5.02 Å². The van der Waals surface area contributed by atoms with Crippen LogP contribution in [-0.2, 0) is 6.18 Å². The Morgan fingerprint density at radius 3 is 2.63 bits per heavy atom. The number of halogens is 4. The number of hydrogen-bond acceptors (Lipinski definition) is 2. The minimum absolute atomic E-state index is 0.109. The molecule has 0 bridgehead atoms. The number of fused-ring (bicyclic) bond motifs is 1. The van der Waals surface area contributed by atoms with E-state index in [1.807, 2.05) is 6.92 Å².